The Bertz CT molecular complexity index is 717. The van der Waals surface area contributed by atoms with E-state index in [1.165, 1.54) is 27.6 Å². The molecule has 0 aliphatic rings. The molecule has 0 fully saturated rings. The van der Waals surface area contributed by atoms with Gasteiger partial charge in [0.2, 0.25) is 0 Å². The molecular weight excluding hydrogens is 242 g/mol. The number of nitrogens with zero attached hydrogens (tertiary/aromatic N) is 1. The highest BCUT2D eigenvalue weighted by molar-refractivity contribution is 5.83. The van der Waals surface area contributed by atoms with Gasteiger partial charge in [0.05, 0.1) is 5.52 Å². The molecule has 0 amide bonds. The van der Waals surface area contributed by atoms with Crippen LogP contribution in [0.1, 0.15) is 36.5 Å². The molecule has 0 radical (unpaired) electrons. The van der Waals surface area contributed by atoms with Crippen LogP contribution in [0.3, 0.4) is 0 Å². The summed E-state index contributed by atoms with van der Waals surface area (Å²) < 4.78 is 2.22. The normalized spacial score (nSPS) is 11.4. The number of rotatable bonds is 3. The summed E-state index contributed by atoms with van der Waals surface area (Å²) in [6, 6.07) is 17.8. The SMILES string of the molecule is CC(C)c1ccc(Cc2cccc3ccn(C)c23)cc1. The van der Waals surface area contributed by atoms with E-state index in [0.29, 0.717) is 5.92 Å². The van der Waals surface area contributed by atoms with Gasteiger partial charge in [0.1, 0.15) is 0 Å². The van der Waals surface area contributed by atoms with Gasteiger partial charge in [-0.15, -0.1) is 0 Å². The summed E-state index contributed by atoms with van der Waals surface area (Å²) in [5.74, 6) is 0.598. The molecule has 2 aromatic carbocycles. The Hall–Kier alpha value is -2.02. The van der Waals surface area contributed by atoms with Gasteiger partial charge in [-0.1, -0.05) is 56.3 Å². The van der Waals surface area contributed by atoms with Gasteiger partial charge >= 0.3 is 0 Å². The van der Waals surface area contributed by atoms with Crippen molar-refractivity contribution in [1.82, 2.24) is 4.57 Å². The van der Waals surface area contributed by atoms with Crippen molar-refractivity contribution in [3.8, 4) is 0 Å². The van der Waals surface area contributed by atoms with Gasteiger partial charge < -0.3 is 4.57 Å². The van der Waals surface area contributed by atoms with E-state index in [2.05, 4.69) is 80.2 Å². The van der Waals surface area contributed by atoms with Crippen molar-refractivity contribution < 1.29 is 0 Å². The molecule has 102 valence electrons. The van der Waals surface area contributed by atoms with Gasteiger partial charge in [-0.2, -0.15) is 0 Å². The molecule has 1 heteroatoms. The largest absolute Gasteiger partial charge is 0.350 e. The summed E-state index contributed by atoms with van der Waals surface area (Å²) in [5, 5.41) is 1.32. The Morgan fingerprint density at radius 1 is 0.950 bits per heavy atom. The van der Waals surface area contributed by atoms with Crippen LogP contribution >= 0.6 is 0 Å². The molecule has 0 atom stereocenters. The maximum atomic E-state index is 2.26. The standard InChI is InChI=1S/C19H21N/c1-14(2)16-9-7-15(8-10-16)13-18-6-4-5-17-11-12-20(3)19(17)18/h4-12,14H,13H2,1-3H3. The van der Waals surface area contributed by atoms with Crippen LogP contribution in [0.25, 0.3) is 10.9 Å². The van der Waals surface area contributed by atoms with Gasteiger partial charge in [0.15, 0.2) is 0 Å². The van der Waals surface area contributed by atoms with E-state index < -0.39 is 0 Å². The zero-order valence-corrected chi connectivity index (χ0v) is 12.4. The summed E-state index contributed by atoms with van der Waals surface area (Å²) in [5.41, 5.74) is 5.53. The molecule has 0 unspecified atom stereocenters. The number of aromatic nitrogens is 1. The second kappa shape index (κ2) is 5.16. The monoisotopic (exact) mass is 263 g/mol. The molecule has 0 saturated heterocycles. The van der Waals surface area contributed by atoms with Gasteiger partial charge in [0.25, 0.3) is 0 Å². The zero-order valence-electron chi connectivity index (χ0n) is 12.4. The smallest absolute Gasteiger partial charge is 0.0513 e. The lowest BCUT2D eigenvalue weighted by Crippen LogP contribution is -1.95. The molecule has 1 heterocycles. The number of aryl methyl sites for hydroxylation is 1. The van der Waals surface area contributed by atoms with E-state index in [0.717, 1.165) is 6.42 Å². The van der Waals surface area contributed by atoms with Gasteiger partial charge in [0, 0.05) is 13.2 Å². The maximum absolute atomic E-state index is 2.26. The van der Waals surface area contributed by atoms with Crippen molar-refractivity contribution in [1.29, 1.82) is 0 Å². The number of fused-ring (bicyclic) bond motifs is 1. The summed E-state index contributed by atoms with van der Waals surface area (Å²) in [6.07, 6.45) is 3.13. The third-order valence-corrected chi connectivity index (χ3v) is 4.02. The maximum Gasteiger partial charge on any atom is 0.0513 e. The summed E-state index contributed by atoms with van der Waals surface area (Å²) >= 11 is 0. The summed E-state index contributed by atoms with van der Waals surface area (Å²) in [7, 11) is 2.12. The first kappa shape index (κ1) is 13.0. The first-order chi connectivity index (χ1) is 9.65. The molecule has 0 N–H and O–H groups in total. The molecule has 20 heavy (non-hydrogen) atoms. The second-order valence-corrected chi connectivity index (χ2v) is 5.85. The van der Waals surface area contributed by atoms with E-state index >= 15 is 0 Å². The second-order valence-electron chi connectivity index (χ2n) is 5.85. The molecule has 0 bridgehead atoms. The number of benzene rings is 2. The van der Waals surface area contributed by atoms with E-state index in [-0.39, 0.29) is 0 Å². The van der Waals surface area contributed by atoms with Crippen LogP contribution in [0.2, 0.25) is 0 Å². The number of hydrogen-bond donors (Lipinski definition) is 0. The fraction of sp³-hybridized carbons (Fsp3) is 0.263. The number of hydrogen-bond acceptors (Lipinski definition) is 0. The van der Waals surface area contributed by atoms with Gasteiger partial charge in [-0.25, -0.2) is 0 Å². The fourth-order valence-corrected chi connectivity index (χ4v) is 2.83. The van der Waals surface area contributed by atoms with Crippen LogP contribution < -0.4 is 0 Å². The van der Waals surface area contributed by atoms with Crippen LogP contribution in [0.15, 0.2) is 54.7 Å². The van der Waals surface area contributed by atoms with Crippen LogP contribution in [0, 0.1) is 0 Å². The Morgan fingerprint density at radius 2 is 1.70 bits per heavy atom. The average Bonchev–Trinajstić information content (AvgIpc) is 2.82. The molecule has 0 spiro atoms. The minimum absolute atomic E-state index is 0.598. The quantitative estimate of drug-likeness (QED) is 0.634. The Labute approximate surface area is 120 Å². The van der Waals surface area contributed by atoms with Crippen LogP contribution in [-0.2, 0) is 13.5 Å². The average molecular weight is 263 g/mol. The van der Waals surface area contributed by atoms with E-state index in [9.17, 15) is 0 Å². The van der Waals surface area contributed by atoms with E-state index in [4.69, 9.17) is 0 Å². The summed E-state index contributed by atoms with van der Waals surface area (Å²) in [4.78, 5) is 0. The molecule has 0 saturated carbocycles. The Morgan fingerprint density at radius 3 is 2.40 bits per heavy atom. The topological polar surface area (TPSA) is 4.93 Å². The third-order valence-electron chi connectivity index (χ3n) is 4.02. The highest BCUT2D eigenvalue weighted by atomic mass is 14.9. The first-order valence-electron chi connectivity index (χ1n) is 7.27. The van der Waals surface area contributed by atoms with Crippen molar-refractivity contribution in [2.75, 3.05) is 0 Å². The van der Waals surface area contributed by atoms with Crippen molar-refractivity contribution in [2.24, 2.45) is 7.05 Å². The lowest BCUT2D eigenvalue weighted by Gasteiger charge is -2.09. The molecule has 0 aliphatic carbocycles. The first-order valence-corrected chi connectivity index (χ1v) is 7.27. The van der Waals surface area contributed by atoms with Crippen molar-refractivity contribution in [3.63, 3.8) is 0 Å². The lowest BCUT2D eigenvalue weighted by molar-refractivity contribution is 0.865. The third kappa shape index (κ3) is 2.36. The highest BCUT2D eigenvalue weighted by Gasteiger charge is 2.06. The van der Waals surface area contributed by atoms with Crippen molar-refractivity contribution in [3.05, 3.63) is 71.4 Å². The molecular formula is C19H21N. The predicted octanol–water partition coefficient (Wildman–Crippen LogP) is 4.89. The molecule has 3 rings (SSSR count). The van der Waals surface area contributed by atoms with Crippen LogP contribution in [-0.4, -0.2) is 4.57 Å². The van der Waals surface area contributed by atoms with Gasteiger partial charge in [-0.3, -0.25) is 0 Å². The van der Waals surface area contributed by atoms with Crippen LogP contribution in [0.4, 0.5) is 0 Å². The molecule has 1 aromatic heterocycles. The Kier molecular flexibility index (Phi) is 3.35. The highest BCUT2D eigenvalue weighted by Crippen LogP contribution is 2.23. The molecule has 3 aromatic rings. The number of para-hydroxylation sites is 1. The Balaban J connectivity index is 1.95. The molecule has 0 aliphatic heterocycles. The van der Waals surface area contributed by atoms with Crippen molar-refractivity contribution in [2.45, 2.75) is 26.2 Å². The van der Waals surface area contributed by atoms with Crippen LogP contribution in [0.5, 0.6) is 0 Å². The summed E-state index contributed by atoms with van der Waals surface area (Å²) in [6.45, 7) is 4.47. The minimum atomic E-state index is 0.598. The van der Waals surface area contributed by atoms with E-state index in [1.807, 2.05) is 0 Å². The molecule has 1 nitrogen and oxygen atoms in total. The lowest BCUT2D eigenvalue weighted by atomic mass is 9.98. The minimum Gasteiger partial charge on any atom is -0.350 e. The fourth-order valence-electron chi connectivity index (χ4n) is 2.83. The van der Waals surface area contributed by atoms with Gasteiger partial charge in [-0.05, 0) is 40.5 Å². The zero-order chi connectivity index (χ0) is 14.1. The van der Waals surface area contributed by atoms with E-state index in [1.54, 1.807) is 0 Å². The van der Waals surface area contributed by atoms with Crippen molar-refractivity contribution >= 4 is 10.9 Å². The predicted molar refractivity (Wildman–Crippen MR) is 86.3 cm³/mol.